The van der Waals surface area contributed by atoms with Crippen LogP contribution in [0, 0.1) is 5.92 Å². The molecule has 2 atom stereocenters. The third-order valence-corrected chi connectivity index (χ3v) is 11.7. The Morgan fingerprint density at radius 3 is 1.96 bits per heavy atom. The Bertz CT molecular complexity index is 3020. The van der Waals surface area contributed by atoms with Crippen LogP contribution in [-0.4, -0.2) is 4.57 Å². The first kappa shape index (κ1) is 32.3. The molecule has 0 saturated carbocycles. The van der Waals surface area contributed by atoms with Crippen molar-refractivity contribution in [1.29, 1.82) is 0 Å². The zero-order chi connectivity index (χ0) is 37.0. The molecule has 56 heavy (non-hydrogen) atoms. The van der Waals surface area contributed by atoms with Gasteiger partial charge in [-0.3, -0.25) is 0 Å². The SMILES string of the molecule is C1=CC2C=Cc3cc(N(c4ccc(-c5ccc(-n6c7ccccc7c7ccc8ccccc8c76)cc5)cc4)c4cccc(-c5ccccc5)c4)ccc3C2C=C1. The highest BCUT2D eigenvalue weighted by Gasteiger charge is 2.25. The maximum atomic E-state index is 2.43. The third kappa shape index (κ3) is 5.41. The van der Waals surface area contributed by atoms with E-state index in [1.165, 1.54) is 66.0 Å². The van der Waals surface area contributed by atoms with Gasteiger partial charge in [-0.2, -0.15) is 0 Å². The van der Waals surface area contributed by atoms with Crippen LogP contribution >= 0.6 is 0 Å². The maximum absolute atomic E-state index is 2.43. The topological polar surface area (TPSA) is 8.17 Å². The molecule has 8 aromatic carbocycles. The Morgan fingerprint density at radius 1 is 0.429 bits per heavy atom. The van der Waals surface area contributed by atoms with Crippen LogP contribution in [0.1, 0.15) is 17.0 Å². The second kappa shape index (κ2) is 13.3. The van der Waals surface area contributed by atoms with E-state index >= 15 is 0 Å². The average molecular weight is 715 g/mol. The molecule has 2 unspecified atom stereocenters. The molecule has 9 aromatic rings. The van der Waals surface area contributed by atoms with E-state index in [4.69, 9.17) is 0 Å². The molecule has 264 valence electrons. The fraction of sp³-hybridized carbons (Fsp3) is 0.0370. The maximum Gasteiger partial charge on any atom is 0.0619 e. The number of hydrogen-bond acceptors (Lipinski definition) is 1. The lowest BCUT2D eigenvalue weighted by Crippen LogP contribution is -2.15. The number of benzene rings is 8. The smallest absolute Gasteiger partial charge is 0.0619 e. The highest BCUT2D eigenvalue weighted by atomic mass is 15.1. The molecule has 0 amide bonds. The molecule has 0 bridgehead atoms. The zero-order valence-electron chi connectivity index (χ0n) is 30.8. The first-order valence-corrected chi connectivity index (χ1v) is 19.5. The van der Waals surface area contributed by atoms with Gasteiger partial charge in [-0.15, -0.1) is 0 Å². The van der Waals surface area contributed by atoms with Crippen LogP contribution in [0.3, 0.4) is 0 Å². The molecular weight excluding hydrogens is 677 g/mol. The summed E-state index contributed by atoms with van der Waals surface area (Å²) < 4.78 is 2.43. The molecule has 0 aliphatic heterocycles. The third-order valence-electron chi connectivity index (χ3n) is 11.7. The number of anilines is 3. The van der Waals surface area contributed by atoms with E-state index < -0.39 is 0 Å². The Hall–Kier alpha value is -7.16. The van der Waals surface area contributed by atoms with Gasteiger partial charge >= 0.3 is 0 Å². The van der Waals surface area contributed by atoms with E-state index in [0.717, 1.165) is 22.7 Å². The largest absolute Gasteiger partial charge is 0.310 e. The number of fused-ring (bicyclic) bond motifs is 8. The highest BCUT2D eigenvalue weighted by Crippen LogP contribution is 2.43. The Kier molecular flexibility index (Phi) is 7.67. The van der Waals surface area contributed by atoms with Crippen molar-refractivity contribution in [3.05, 3.63) is 223 Å². The summed E-state index contributed by atoms with van der Waals surface area (Å²) in [7, 11) is 0. The van der Waals surface area contributed by atoms with E-state index in [9.17, 15) is 0 Å². The molecular formula is C54H38N2. The minimum atomic E-state index is 0.379. The molecule has 0 radical (unpaired) electrons. The normalized spacial score (nSPS) is 15.6. The summed E-state index contributed by atoms with van der Waals surface area (Å²) in [5, 5.41) is 5.07. The molecule has 2 aliphatic carbocycles. The Morgan fingerprint density at radius 2 is 1.11 bits per heavy atom. The minimum absolute atomic E-state index is 0.379. The number of nitrogens with zero attached hydrogens (tertiary/aromatic N) is 2. The standard InChI is InChI=1S/C54H38N2/c1-2-11-37(12-3-1)42-15-10-16-46(35-42)55(47-32-34-49-43(36-47)22-21-40-13-4-6-17-48(40)49)44-28-23-38(24-29-44)39-25-30-45(31-26-39)56-53-20-9-8-19-51(53)52-33-27-41-14-5-7-18-50(41)54(52)56/h1-36,40,48H. The second-order valence-corrected chi connectivity index (χ2v) is 14.9. The van der Waals surface area contributed by atoms with Gasteiger partial charge in [0.1, 0.15) is 0 Å². The van der Waals surface area contributed by atoms with E-state index in [1.807, 2.05) is 0 Å². The second-order valence-electron chi connectivity index (χ2n) is 14.9. The number of aromatic nitrogens is 1. The van der Waals surface area contributed by atoms with Gasteiger partial charge < -0.3 is 9.47 Å². The van der Waals surface area contributed by atoms with E-state index in [1.54, 1.807) is 0 Å². The molecule has 2 nitrogen and oxygen atoms in total. The van der Waals surface area contributed by atoms with Gasteiger partial charge in [0.2, 0.25) is 0 Å². The van der Waals surface area contributed by atoms with Gasteiger partial charge in [-0.25, -0.2) is 0 Å². The lowest BCUT2D eigenvalue weighted by molar-refractivity contribution is 0.692. The molecule has 11 rings (SSSR count). The summed E-state index contributed by atoms with van der Waals surface area (Å²) in [5.74, 6) is 0.796. The summed E-state index contributed by atoms with van der Waals surface area (Å²) >= 11 is 0. The van der Waals surface area contributed by atoms with Crippen molar-refractivity contribution < 1.29 is 0 Å². The Labute approximate surface area is 327 Å². The number of allylic oxidation sites excluding steroid dienone is 5. The summed E-state index contributed by atoms with van der Waals surface area (Å²) in [6.07, 6.45) is 13.6. The summed E-state index contributed by atoms with van der Waals surface area (Å²) in [5.41, 5.74) is 14.4. The fourth-order valence-electron chi connectivity index (χ4n) is 8.99. The molecule has 1 aromatic heterocycles. The molecule has 0 spiro atoms. The van der Waals surface area contributed by atoms with Gasteiger partial charge in [0.15, 0.2) is 0 Å². The number of hydrogen-bond donors (Lipinski definition) is 0. The van der Waals surface area contributed by atoms with Crippen LogP contribution in [0.4, 0.5) is 17.1 Å². The predicted octanol–water partition coefficient (Wildman–Crippen LogP) is 14.6. The molecule has 2 heteroatoms. The first-order valence-electron chi connectivity index (χ1n) is 19.5. The highest BCUT2D eigenvalue weighted by molar-refractivity contribution is 6.18. The molecule has 1 heterocycles. The predicted molar refractivity (Wildman–Crippen MR) is 237 cm³/mol. The molecule has 0 N–H and O–H groups in total. The average Bonchev–Trinajstić information content (AvgIpc) is 3.62. The van der Waals surface area contributed by atoms with Crippen LogP contribution in [-0.2, 0) is 0 Å². The van der Waals surface area contributed by atoms with E-state index in [0.29, 0.717) is 11.8 Å². The van der Waals surface area contributed by atoms with Crippen molar-refractivity contribution >= 4 is 55.7 Å². The van der Waals surface area contributed by atoms with Crippen molar-refractivity contribution in [2.24, 2.45) is 5.92 Å². The molecule has 0 fully saturated rings. The van der Waals surface area contributed by atoms with Gasteiger partial charge in [0.05, 0.1) is 11.0 Å². The fourth-order valence-corrected chi connectivity index (χ4v) is 8.99. The van der Waals surface area contributed by atoms with Crippen LogP contribution in [0.25, 0.3) is 66.6 Å². The first-order chi connectivity index (χ1) is 27.8. The lowest BCUT2D eigenvalue weighted by Gasteiger charge is -2.30. The summed E-state index contributed by atoms with van der Waals surface area (Å²) in [6, 6.07) is 66.6. The van der Waals surface area contributed by atoms with Crippen LogP contribution in [0.15, 0.2) is 212 Å². The van der Waals surface area contributed by atoms with Crippen molar-refractivity contribution in [1.82, 2.24) is 4.57 Å². The van der Waals surface area contributed by atoms with Gasteiger partial charge in [0, 0.05) is 50.7 Å². The van der Waals surface area contributed by atoms with Crippen LogP contribution in [0.5, 0.6) is 0 Å². The number of rotatable bonds is 6. The van der Waals surface area contributed by atoms with E-state index in [2.05, 4.69) is 228 Å². The van der Waals surface area contributed by atoms with Gasteiger partial charge in [0.25, 0.3) is 0 Å². The number of para-hydroxylation sites is 1. The van der Waals surface area contributed by atoms with Crippen molar-refractivity contribution in [2.45, 2.75) is 5.92 Å². The van der Waals surface area contributed by atoms with Crippen LogP contribution < -0.4 is 4.90 Å². The van der Waals surface area contributed by atoms with Gasteiger partial charge in [-0.05, 0) is 93.4 Å². The van der Waals surface area contributed by atoms with Crippen molar-refractivity contribution in [3.8, 4) is 27.9 Å². The lowest BCUT2D eigenvalue weighted by atomic mass is 9.77. The van der Waals surface area contributed by atoms with Crippen LogP contribution in [0.2, 0.25) is 0 Å². The van der Waals surface area contributed by atoms with Crippen molar-refractivity contribution in [3.63, 3.8) is 0 Å². The van der Waals surface area contributed by atoms with E-state index in [-0.39, 0.29) is 0 Å². The minimum Gasteiger partial charge on any atom is -0.310 e. The summed E-state index contributed by atoms with van der Waals surface area (Å²) in [6.45, 7) is 0. The van der Waals surface area contributed by atoms with Crippen molar-refractivity contribution in [2.75, 3.05) is 4.90 Å². The molecule has 0 saturated heterocycles. The zero-order valence-corrected chi connectivity index (χ0v) is 30.8. The Balaban J connectivity index is 0.977. The molecule has 2 aliphatic rings. The van der Waals surface area contributed by atoms with Gasteiger partial charge in [-0.1, -0.05) is 164 Å². The monoisotopic (exact) mass is 714 g/mol. The quantitative estimate of drug-likeness (QED) is 0.166. The summed E-state index contributed by atoms with van der Waals surface area (Å²) in [4.78, 5) is 2.39.